The van der Waals surface area contributed by atoms with Gasteiger partial charge in [0.25, 0.3) is 0 Å². The van der Waals surface area contributed by atoms with E-state index in [1.807, 2.05) is 13.8 Å². The largest absolute Gasteiger partial charge is 0.497 e. The van der Waals surface area contributed by atoms with Gasteiger partial charge in [0.2, 0.25) is 21.8 Å². The zero-order valence-corrected chi connectivity index (χ0v) is 22.7. The number of benzene rings is 2. The molecule has 0 aromatic heterocycles. The van der Waals surface area contributed by atoms with E-state index >= 15 is 0 Å². The lowest BCUT2D eigenvalue weighted by Crippen LogP contribution is -2.52. The number of carbonyl (C=O) groups excluding carboxylic acids is 2. The number of amides is 2. The molecule has 192 valence electrons. The molecule has 2 atom stereocenters. The van der Waals surface area contributed by atoms with Gasteiger partial charge in [-0.15, -0.1) is 0 Å². The quantitative estimate of drug-likeness (QED) is 0.460. The fraction of sp³-hybridized carbons (Fsp3) is 0.417. The van der Waals surface area contributed by atoms with Crippen LogP contribution in [0.3, 0.4) is 0 Å². The maximum Gasteiger partial charge on any atom is 0.244 e. The smallest absolute Gasteiger partial charge is 0.244 e. The lowest BCUT2D eigenvalue weighted by Gasteiger charge is -2.32. The first-order valence-corrected chi connectivity index (χ1v) is 13.6. The third-order valence-electron chi connectivity index (χ3n) is 5.56. The predicted octanol–water partition coefficient (Wildman–Crippen LogP) is 4.10. The number of nitrogens with one attached hydrogen (secondary N) is 1. The molecule has 0 saturated heterocycles. The number of anilines is 1. The second-order valence-electron chi connectivity index (χ2n) is 8.22. The molecule has 35 heavy (non-hydrogen) atoms. The molecule has 2 aromatic carbocycles. The molecule has 0 aliphatic rings. The molecular weight excluding hydrogens is 513 g/mol. The van der Waals surface area contributed by atoms with Crippen molar-refractivity contribution in [3.8, 4) is 5.75 Å². The minimum absolute atomic E-state index is 0.00978. The average Bonchev–Trinajstić information content (AvgIpc) is 2.80. The molecule has 0 aliphatic carbocycles. The zero-order valence-electron chi connectivity index (χ0n) is 20.4. The van der Waals surface area contributed by atoms with Crippen molar-refractivity contribution >= 4 is 50.7 Å². The fourth-order valence-electron chi connectivity index (χ4n) is 3.24. The third kappa shape index (κ3) is 8.02. The van der Waals surface area contributed by atoms with E-state index in [1.54, 1.807) is 49.4 Å². The maximum atomic E-state index is 13.5. The van der Waals surface area contributed by atoms with Gasteiger partial charge >= 0.3 is 0 Å². The summed E-state index contributed by atoms with van der Waals surface area (Å²) in [5.74, 6) is -0.375. The highest BCUT2D eigenvalue weighted by atomic mass is 35.5. The number of ether oxygens (including phenoxy) is 1. The summed E-state index contributed by atoms with van der Waals surface area (Å²) in [5, 5.41) is 3.64. The Hall–Kier alpha value is -2.49. The van der Waals surface area contributed by atoms with Crippen LogP contribution in [0.4, 0.5) is 5.69 Å². The number of methoxy groups -OCH3 is 1. The Morgan fingerprint density at radius 2 is 1.71 bits per heavy atom. The summed E-state index contributed by atoms with van der Waals surface area (Å²) in [7, 11) is -2.32. The molecule has 11 heteroatoms. The molecule has 0 aliphatic heterocycles. The standard InChI is InChI=1S/C24H31Cl2N3O5S/c1-6-16(2)27-24(31)17(3)28(14-18-7-8-19(25)13-22(18)26)23(30)15-29(35(5,32)33)20-9-11-21(34-4)12-10-20/h7-13,16-17H,6,14-15H2,1-5H3,(H,27,31)/t16-,17+/m1/s1. The van der Waals surface area contributed by atoms with Crippen molar-refractivity contribution in [1.82, 2.24) is 10.2 Å². The predicted molar refractivity (Wildman–Crippen MR) is 140 cm³/mol. The zero-order chi connectivity index (χ0) is 26.3. The van der Waals surface area contributed by atoms with E-state index in [9.17, 15) is 18.0 Å². The Labute approximate surface area is 217 Å². The number of rotatable bonds is 11. The number of halogens is 2. The van der Waals surface area contributed by atoms with Crippen molar-refractivity contribution in [3.05, 3.63) is 58.1 Å². The lowest BCUT2D eigenvalue weighted by molar-refractivity contribution is -0.139. The highest BCUT2D eigenvalue weighted by molar-refractivity contribution is 7.92. The Kier molecular flexibility index (Phi) is 10.2. The van der Waals surface area contributed by atoms with E-state index in [-0.39, 0.29) is 18.5 Å². The normalized spacial score (nSPS) is 13.0. The van der Waals surface area contributed by atoms with Crippen LogP contribution < -0.4 is 14.4 Å². The molecule has 2 rings (SSSR count). The van der Waals surface area contributed by atoms with Crippen molar-refractivity contribution in [2.24, 2.45) is 0 Å². The highest BCUT2D eigenvalue weighted by Gasteiger charge is 2.30. The van der Waals surface area contributed by atoms with Gasteiger partial charge in [0, 0.05) is 22.6 Å². The summed E-state index contributed by atoms with van der Waals surface area (Å²) in [6, 6.07) is 10.2. The highest BCUT2D eigenvalue weighted by Crippen LogP contribution is 2.25. The summed E-state index contributed by atoms with van der Waals surface area (Å²) in [6.07, 6.45) is 1.73. The number of carbonyl (C=O) groups is 2. The van der Waals surface area contributed by atoms with E-state index < -0.39 is 28.5 Å². The first-order chi connectivity index (χ1) is 16.4. The van der Waals surface area contributed by atoms with E-state index in [2.05, 4.69) is 5.32 Å². The lowest BCUT2D eigenvalue weighted by atomic mass is 10.1. The molecular formula is C24H31Cl2N3O5S. The van der Waals surface area contributed by atoms with Crippen LogP contribution in [0.2, 0.25) is 10.0 Å². The van der Waals surface area contributed by atoms with Gasteiger partial charge in [-0.05, 0) is 62.2 Å². The van der Waals surface area contributed by atoms with Crippen LogP contribution in [0, 0.1) is 0 Å². The van der Waals surface area contributed by atoms with Crippen molar-refractivity contribution in [2.45, 2.75) is 45.8 Å². The van der Waals surface area contributed by atoms with Crippen LogP contribution in [0.1, 0.15) is 32.8 Å². The third-order valence-corrected chi connectivity index (χ3v) is 7.29. The fourth-order valence-corrected chi connectivity index (χ4v) is 4.56. The minimum Gasteiger partial charge on any atom is -0.497 e. The molecule has 0 fully saturated rings. The van der Waals surface area contributed by atoms with Crippen LogP contribution in [-0.4, -0.2) is 57.1 Å². The van der Waals surface area contributed by atoms with Crippen molar-refractivity contribution < 1.29 is 22.7 Å². The van der Waals surface area contributed by atoms with Crippen LogP contribution >= 0.6 is 23.2 Å². The summed E-state index contributed by atoms with van der Waals surface area (Å²) in [6.45, 7) is 4.88. The SMILES string of the molecule is CC[C@@H](C)NC(=O)[C@H](C)N(Cc1ccc(Cl)cc1Cl)C(=O)CN(c1ccc(OC)cc1)S(C)(=O)=O. The van der Waals surface area contributed by atoms with Gasteiger partial charge < -0.3 is 15.0 Å². The van der Waals surface area contributed by atoms with Crippen molar-refractivity contribution in [2.75, 3.05) is 24.2 Å². The van der Waals surface area contributed by atoms with Gasteiger partial charge in [-0.25, -0.2) is 8.42 Å². The molecule has 0 spiro atoms. The summed E-state index contributed by atoms with van der Waals surface area (Å²) < 4.78 is 31.3. The van der Waals surface area contributed by atoms with E-state index in [0.717, 1.165) is 17.0 Å². The van der Waals surface area contributed by atoms with Crippen LogP contribution in [0.15, 0.2) is 42.5 Å². The van der Waals surface area contributed by atoms with Crippen LogP contribution in [0.5, 0.6) is 5.75 Å². The minimum atomic E-state index is -3.82. The monoisotopic (exact) mass is 543 g/mol. The van der Waals surface area contributed by atoms with Crippen molar-refractivity contribution in [3.63, 3.8) is 0 Å². The number of hydrogen-bond donors (Lipinski definition) is 1. The molecule has 2 amide bonds. The number of sulfonamides is 1. The van der Waals surface area contributed by atoms with Gasteiger partial charge in [0.05, 0.1) is 19.1 Å². The van der Waals surface area contributed by atoms with E-state index in [0.29, 0.717) is 27.0 Å². The maximum absolute atomic E-state index is 13.5. The molecule has 0 saturated carbocycles. The molecule has 8 nitrogen and oxygen atoms in total. The molecule has 0 bridgehead atoms. The topological polar surface area (TPSA) is 96.0 Å². The van der Waals surface area contributed by atoms with Crippen molar-refractivity contribution in [1.29, 1.82) is 0 Å². The molecule has 2 aromatic rings. The Balaban J connectivity index is 2.41. The Bertz CT molecular complexity index is 1140. The molecule has 0 radical (unpaired) electrons. The van der Waals surface area contributed by atoms with Crippen LogP contribution in [0.25, 0.3) is 0 Å². The van der Waals surface area contributed by atoms with E-state index in [4.69, 9.17) is 27.9 Å². The second kappa shape index (κ2) is 12.5. The summed E-state index contributed by atoms with van der Waals surface area (Å²) >= 11 is 12.3. The van der Waals surface area contributed by atoms with Gasteiger partial charge in [-0.1, -0.05) is 36.2 Å². The van der Waals surface area contributed by atoms with E-state index in [1.165, 1.54) is 12.0 Å². The van der Waals surface area contributed by atoms with Gasteiger partial charge in [0.1, 0.15) is 18.3 Å². The van der Waals surface area contributed by atoms with Gasteiger partial charge in [0.15, 0.2) is 0 Å². The van der Waals surface area contributed by atoms with Gasteiger partial charge in [-0.3, -0.25) is 13.9 Å². The Morgan fingerprint density at radius 1 is 1.09 bits per heavy atom. The first kappa shape index (κ1) is 28.7. The number of hydrogen-bond acceptors (Lipinski definition) is 5. The summed E-state index contributed by atoms with van der Waals surface area (Å²) in [4.78, 5) is 27.7. The molecule has 0 unspecified atom stereocenters. The second-order valence-corrected chi connectivity index (χ2v) is 11.0. The molecule has 0 heterocycles. The van der Waals surface area contributed by atoms with Gasteiger partial charge in [-0.2, -0.15) is 0 Å². The van der Waals surface area contributed by atoms with Crippen LogP contribution in [-0.2, 0) is 26.2 Å². The first-order valence-electron chi connectivity index (χ1n) is 11.0. The Morgan fingerprint density at radius 3 is 2.23 bits per heavy atom. The summed E-state index contributed by atoms with van der Waals surface area (Å²) in [5.41, 5.74) is 0.866. The number of nitrogens with zero attached hydrogens (tertiary/aromatic N) is 2. The average molecular weight is 545 g/mol. The molecule has 1 N–H and O–H groups in total.